The highest BCUT2D eigenvalue weighted by Crippen LogP contribution is 2.18. The molecule has 4 heteroatoms. The van der Waals surface area contributed by atoms with Gasteiger partial charge in [0.2, 0.25) is 5.91 Å². The van der Waals surface area contributed by atoms with E-state index in [1.807, 2.05) is 0 Å². The molecule has 3 N–H and O–H groups in total. The van der Waals surface area contributed by atoms with Crippen molar-refractivity contribution in [3.63, 3.8) is 0 Å². The van der Waals surface area contributed by atoms with Gasteiger partial charge in [0.25, 0.3) is 0 Å². The van der Waals surface area contributed by atoms with Gasteiger partial charge in [-0.1, -0.05) is 0 Å². The zero-order chi connectivity index (χ0) is 9.97. The number of amides is 1. The van der Waals surface area contributed by atoms with E-state index in [4.69, 9.17) is 10.5 Å². The molecule has 2 aliphatic rings. The van der Waals surface area contributed by atoms with Crippen molar-refractivity contribution in [2.75, 3.05) is 6.61 Å². The fraction of sp³-hybridized carbons (Fsp3) is 0.900. The third kappa shape index (κ3) is 2.07. The lowest BCUT2D eigenvalue weighted by molar-refractivity contribution is -0.130. The van der Waals surface area contributed by atoms with Gasteiger partial charge in [-0.25, -0.2) is 0 Å². The number of ether oxygens (including phenoxy) is 1. The van der Waals surface area contributed by atoms with Crippen molar-refractivity contribution in [2.45, 2.75) is 50.3 Å². The Balaban J connectivity index is 1.81. The maximum atomic E-state index is 11.7. The van der Waals surface area contributed by atoms with Crippen LogP contribution in [-0.2, 0) is 9.53 Å². The molecule has 0 radical (unpaired) electrons. The van der Waals surface area contributed by atoms with E-state index in [0.29, 0.717) is 0 Å². The Morgan fingerprint density at radius 1 is 1.29 bits per heavy atom. The van der Waals surface area contributed by atoms with E-state index in [0.717, 1.165) is 38.7 Å². The lowest BCUT2D eigenvalue weighted by atomic mass is 10.1. The molecular weight excluding hydrogens is 180 g/mol. The Hall–Kier alpha value is -0.610. The third-order valence-corrected chi connectivity index (χ3v) is 3.12. The van der Waals surface area contributed by atoms with Crippen LogP contribution in [0.25, 0.3) is 0 Å². The van der Waals surface area contributed by atoms with E-state index >= 15 is 0 Å². The first-order valence-corrected chi connectivity index (χ1v) is 5.45. The van der Waals surface area contributed by atoms with Crippen LogP contribution in [0.4, 0.5) is 0 Å². The minimum atomic E-state index is -0.220. The van der Waals surface area contributed by atoms with Crippen LogP contribution >= 0.6 is 0 Å². The molecule has 1 aliphatic carbocycles. The minimum Gasteiger partial charge on any atom is -0.368 e. The number of nitrogens with two attached hydrogens (primary N) is 1. The molecule has 2 rings (SSSR count). The largest absolute Gasteiger partial charge is 0.368 e. The van der Waals surface area contributed by atoms with Crippen LogP contribution in [0, 0.1) is 0 Å². The minimum absolute atomic E-state index is 0.0323. The summed E-state index contributed by atoms with van der Waals surface area (Å²) in [5.41, 5.74) is 5.87. The Labute approximate surface area is 84.2 Å². The molecule has 1 amide bonds. The average Bonchev–Trinajstić information content (AvgIpc) is 2.77. The normalized spacial score (nSPS) is 37.4. The summed E-state index contributed by atoms with van der Waals surface area (Å²) in [6.07, 6.45) is 4.79. The Morgan fingerprint density at radius 3 is 2.71 bits per heavy atom. The number of hydrogen-bond donors (Lipinski definition) is 2. The molecule has 1 saturated carbocycles. The molecule has 4 nitrogen and oxygen atoms in total. The van der Waals surface area contributed by atoms with Gasteiger partial charge >= 0.3 is 0 Å². The van der Waals surface area contributed by atoms with Crippen LogP contribution in [0.15, 0.2) is 0 Å². The summed E-state index contributed by atoms with van der Waals surface area (Å²) in [5, 5.41) is 2.98. The van der Waals surface area contributed by atoms with Gasteiger partial charge in [-0.2, -0.15) is 0 Å². The Morgan fingerprint density at radius 2 is 2.14 bits per heavy atom. The second kappa shape index (κ2) is 4.28. The van der Waals surface area contributed by atoms with Crippen LogP contribution in [0.3, 0.4) is 0 Å². The maximum Gasteiger partial charge on any atom is 0.249 e. The second-order valence-electron chi connectivity index (χ2n) is 4.21. The zero-order valence-electron chi connectivity index (χ0n) is 8.37. The highest BCUT2D eigenvalue weighted by atomic mass is 16.5. The van der Waals surface area contributed by atoms with E-state index in [9.17, 15) is 4.79 Å². The van der Waals surface area contributed by atoms with Crippen LogP contribution in [0.1, 0.15) is 32.1 Å². The van der Waals surface area contributed by atoms with Gasteiger partial charge in [-0.05, 0) is 32.1 Å². The lowest BCUT2D eigenvalue weighted by Gasteiger charge is -2.19. The molecular formula is C10H18N2O2. The third-order valence-electron chi connectivity index (χ3n) is 3.12. The molecule has 1 aliphatic heterocycles. The average molecular weight is 198 g/mol. The summed E-state index contributed by atoms with van der Waals surface area (Å²) in [5.74, 6) is 0.0323. The Bertz CT molecular complexity index is 214. The van der Waals surface area contributed by atoms with Crippen molar-refractivity contribution in [1.82, 2.24) is 5.32 Å². The summed E-state index contributed by atoms with van der Waals surface area (Å²) < 4.78 is 5.31. The summed E-state index contributed by atoms with van der Waals surface area (Å²) >= 11 is 0. The van der Waals surface area contributed by atoms with Gasteiger partial charge in [0.05, 0.1) is 0 Å². The van der Waals surface area contributed by atoms with Crippen molar-refractivity contribution >= 4 is 5.91 Å². The first kappa shape index (κ1) is 9.93. The van der Waals surface area contributed by atoms with Gasteiger partial charge < -0.3 is 15.8 Å². The van der Waals surface area contributed by atoms with Gasteiger partial charge in [0, 0.05) is 18.7 Å². The zero-order valence-corrected chi connectivity index (χ0v) is 8.37. The summed E-state index contributed by atoms with van der Waals surface area (Å²) in [7, 11) is 0. The van der Waals surface area contributed by atoms with Crippen molar-refractivity contribution in [3.05, 3.63) is 0 Å². The molecule has 2 unspecified atom stereocenters. The van der Waals surface area contributed by atoms with Crippen LogP contribution in [-0.4, -0.2) is 30.7 Å². The van der Waals surface area contributed by atoms with Crippen molar-refractivity contribution < 1.29 is 9.53 Å². The monoisotopic (exact) mass is 198 g/mol. The van der Waals surface area contributed by atoms with Gasteiger partial charge in [-0.3, -0.25) is 4.79 Å². The summed E-state index contributed by atoms with van der Waals surface area (Å²) in [6.45, 7) is 0.717. The predicted molar refractivity (Wildman–Crippen MR) is 52.7 cm³/mol. The van der Waals surface area contributed by atoms with E-state index in [-0.39, 0.29) is 24.1 Å². The number of carbonyl (C=O) groups excluding carboxylic acids is 1. The van der Waals surface area contributed by atoms with E-state index in [1.54, 1.807) is 0 Å². The highest BCUT2D eigenvalue weighted by molar-refractivity contribution is 5.81. The smallest absolute Gasteiger partial charge is 0.249 e. The summed E-state index contributed by atoms with van der Waals surface area (Å²) in [6, 6.07) is 0.312. The maximum absolute atomic E-state index is 11.7. The summed E-state index contributed by atoms with van der Waals surface area (Å²) in [4.78, 5) is 11.7. The molecule has 3 atom stereocenters. The number of hydrogen-bond acceptors (Lipinski definition) is 3. The van der Waals surface area contributed by atoms with Crippen LogP contribution in [0.2, 0.25) is 0 Å². The van der Waals surface area contributed by atoms with Gasteiger partial charge in [0.1, 0.15) is 6.10 Å². The van der Waals surface area contributed by atoms with Crippen molar-refractivity contribution in [1.29, 1.82) is 0 Å². The number of rotatable bonds is 2. The Kier molecular flexibility index (Phi) is 3.03. The molecule has 80 valence electrons. The van der Waals surface area contributed by atoms with E-state index in [1.165, 1.54) is 0 Å². The second-order valence-corrected chi connectivity index (χ2v) is 4.21. The predicted octanol–water partition coefficient (Wildman–Crippen LogP) is 0.161. The molecule has 1 heterocycles. The number of carbonyl (C=O) groups is 1. The molecule has 0 aromatic rings. The van der Waals surface area contributed by atoms with Gasteiger partial charge in [-0.15, -0.1) is 0 Å². The molecule has 0 spiro atoms. The first-order valence-electron chi connectivity index (χ1n) is 5.45. The molecule has 1 saturated heterocycles. The van der Waals surface area contributed by atoms with Crippen molar-refractivity contribution in [3.8, 4) is 0 Å². The standard InChI is InChI=1S/C10H18N2O2/c11-7-3-1-4-8(7)12-10(13)9-5-2-6-14-9/h7-9H,1-6,11H2,(H,12,13)/t7?,8?,9-/m1/s1. The quantitative estimate of drug-likeness (QED) is 0.664. The lowest BCUT2D eigenvalue weighted by Crippen LogP contribution is -2.47. The van der Waals surface area contributed by atoms with Crippen LogP contribution in [0.5, 0.6) is 0 Å². The fourth-order valence-electron chi connectivity index (χ4n) is 2.23. The topological polar surface area (TPSA) is 64.3 Å². The number of nitrogens with one attached hydrogen (secondary N) is 1. The molecule has 14 heavy (non-hydrogen) atoms. The van der Waals surface area contributed by atoms with Gasteiger partial charge in [0.15, 0.2) is 0 Å². The molecule has 0 aromatic heterocycles. The van der Waals surface area contributed by atoms with E-state index < -0.39 is 0 Å². The molecule has 2 fully saturated rings. The highest BCUT2D eigenvalue weighted by Gasteiger charge is 2.29. The van der Waals surface area contributed by atoms with Crippen LogP contribution < -0.4 is 11.1 Å². The van der Waals surface area contributed by atoms with Crippen molar-refractivity contribution in [2.24, 2.45) is 5.73 Å². The molecule has 0 aromatic carbocycles. The SMILES string of the molecule is NC1CCCC1NC(=O)[C@H]1CCCO1. The fourth-order valence-corrected chi connectivity index (χ4v) is 2.23. The van der Waals surface area contributed by atoms with E-state index in [2.05, 4.69) is 5.32 Å². The first-order chi connectivity index (χ1) is 6.77. The molecule has 0 bridgehead atoms.